The maximum absolute atomic E-state index is 5.91. The van der Waals surface area contributed by atoms with E-state index in [2.05, 4.69) is 57.0 Å². The normalized spacial score (nSPS) is 13.0. The number of hydrogen-bond donors (Lipinski definition) is 0. The Morgan fingerprint density at radius 1 is 1.03 bits per heavy atom. The van der Waals surface area contributed by atoms with Crippen LogP contribution in [-0.2, 0) is 26.0 Å². The predicted molar refractivity (Wildman–Crippen MR) is 120 cm³/mol. The lowest BCUT2D eigenvalue weighted by atomic mass is 9.92. The highest BCUT2D eigenvalue weighted by Gasteiger charge is 2.15. The Bertz CT molecular complexity index is 1160. The molecule has 2 aromatic heterocycles. The fourth-order valence-corrected chi connectivity index (χ4v) is 3.92. The minimum atomic E-state index is 0.396. The van der Waals surface area contributed by atoms with Crippen LogP contribution in [0.2, 0.25) is 0 Å². The molecule has 0 saturated heterocycles. The molecule has 4 aromatic rings. The zero-order valence-corrected chi connectivity index (χ0v) is 17.4. The van der Waals surface area contributed by atoms with Gasteiger partial charge in [-0.15, -0.1) is 0 Å². The molecule has 0 unspecified atom stereocenters. The van der Waals surface area contributed by atoms with Gasteiger partial charge in [0.1, 0.15) is 24.3 Å². The number of imidazole rings is 1. The molecule has 156 valence electrons. The third kappa shape index (κ3) is 4.77. The molecule has 2 aromatic carbocycles. The Balaban J connectivity index is 1.14. The molecule has 0 aliphatic heterocycles. The molecule has 0 radical (unpaired) electrons. The van der Waals surface area contributed by atoms with Gasteiger partial charge in [0.2, 0.25) is 5.89 Å². The second-order valence-electron chi connectivity index (χ2n) is 7.85. The van der Waals surface area contributed by atoms with Crippen molar-refractivity contribution < 1.29 is 9.15 Å². The van der Waals surface area contributed by atoms with Gasteiger partial charge in [-0.25, -0.2) is 9.97 Å². The van der Waals surface area contributed by atoms with E-state index in [0.29, 0.717) is 12.5 Å². The maximum Gasteiger partial charge on any atom is 0.222 e. The summed E-state index contributed by atoms with van der Waals surface area (Å²) in [7, 11) is 0. The number of aromatic nitrogens is 3. The van der Waals surface area contributed by atoms with Crippen molar-refractivity contribution in [1.82, 2.24) is 14.5 Å². The monoisotopic (exact) mass is 411 g/mol. The molecule has 1 aliphatic rings. The summed E-state index contributed by atoms with van der Waals surface area (Å²) < 4.78 is 13.8. The first kappa shape index (κ1) is 19.4. The summed E-state index contributed by atoms with van der Waals surface area (Å²) >= 11 is 0. The van der Waals surface area contributed by atoms with E-state index in [1.54, 1.807) is 6.26 Å². The lowest BCUT2D eigenvalue weighted by Crippen LogP contribution is -2.00. The van der Waals surface area contributed by atoms with Gasteiger partial charge < -0.3 is 13.7 Å². The van der Waals surface area contributed by atoms with Gasteiger partial charge in [-0.2, -0.15) is 0 Å². The molecule has 2 heterocycles. The number of benzene rings is 2. The number of fused-ring (bicyclic) bond motifs is 1. The number of aryl methyl sites for hydroxylation is 3. The Labute approximate surface area is 182 Å². The molecule has 0 fully saturated rings. The fourth-order valence-electron chi connectivity index (χ4n) is 3.92. The molecule has 0 spiro atoms. The van der Waals surface area contributed by atoms with E-state index in [0.717, 1.165) is 49.2 Å². The van der Waals surface area contributed by atoms with E-state index < -0.39 is 0 Å². The average molecular weight is 412 g/mol. The lowest BCUT2D eigenvalue weighted by molar-refractivity contribution is 0.301. The Morgan fingerprint density at radius 3 is 2.81 bits per heavy atom. The molecule has 0 amide bonds. The summed E-state index contributed by atoms with van der Waals surface area (Å²) in [6.45, 7) is 1.38. The van der Waals surface area contributed by atoms with Crippen LogP contribution in [0.25, 0.3) is 11.6 Å². The second-order valence-corrected chi connectivity index (χ2v) is 7.85. The van der Waals surface area contributed by atoms with Gasteiger partial charge in [0.25, 0.3) is 0 Å². The highest BCUT2D eigenvalue weighted by Crippen LogP contribution is 2.30. The van der Waals surface area contributed by atoms with Gasteiger partial charge in [0.05, 0.1) is 6.33 Å². The van der Waals surface area contributed by atoms with Crippen molar-refractivity contribution in [3.8, 4) is 5.75 Å². The van der Waals surface area contributed by atoms with Gasteiger partial charge in [-0.05, 0) is 60.6 Å². The number of allylic oxidation sites excluding steroid dienone is 1. The summed E-state index contributed by atoms with van der Waals surface area (Å²) in [6, 6.07) is 16.8. The quantitative estimate of drug-likeness (QED) is 0.380. The second kappa shape index (κ2) is 9.04. The Hall–Kier alpha value is -3.60. The summed E-state index contributed by atoms with van der Waals surface area (Å²) in [4.78, 5) is 8.71. The molecule has 0 bridgehead atoms. The molecule has 1 aliphatic carbocycles. The molecule has 0 N–H and O–H groups in total. The van der Waals surface area contributed by atoms with Crippen molar-refractivity contribution in [2.45, 2.75) is 38.8 Å². The van der Waals surface area contributed by atoms with Gasteiger partial charge >= 0.3 is 0 Å². The minimum Gasteiger partial charge on any atom is -0.487 e. The van der Waals surface area contributed by atoms with E-state index in [-0.39, 0.29) is 0 Å². The predicted octanol–water partition coefficient (Wildman–Crippen LogP) is 5.57. The van der Waals surface area contributed by atoms with Crippen LogP contribution < -0.4 is 4.74 Å². The van der Waals surface area contributed by atoms with Gasteiger partial charge in [-0.3, -0.25) is 0 Å². The topological polar surface area (TPSA) is 53.1 Å². The standard InChI is InChI=1S/C26H25N3O2/c1-2-6-22-16-23(10-9-21(22)5-1)26-28-24(18-31-26)17-30-25-11-7-20(8-12-25)4-3-14-29-15-13-27-19-29/h1-2,5-8,11-13,15-16,18-19H,3-4,9-10,14,17H2. The highest BCUT2D eigenvalue weighted by atomic mass is 16.5. The van der Waals surface area contributed by atoms with Crippen LogP contribution in [0, 0.1) is 0 Å². The SMILES string of the molecule is C1=C(c2nc(COc3ccc(CCCn4ccnc4)cc3)co2)CCc2ccccc21. The number of ether oxygens (including phenoxy) is 1. The van der Waals surface area contributed by atoms with Crippen molar-refractivity contribution in [2.75, 3.05) is 0 Å². The molecular weight excluding hydrogens is 386 g/mol. The molecule has 5 nitrogen and oxygen atoms in total. The molecule has 0 saturated carbocycles. The zero-order valence-electron chi connectivity index (χ0n) is 17.4. The van der Waals surface area contributed by atoms with Crippen LogP contribution in [-0.4, -0.2) is 14.5 Å². The van der Waals surface area contributed by atoms with Crippen molar-refractivity contribution in [3.63, 3.8) is 0 Å². The van der Waals surface area contributed by atoms with E-state index >= 15 is 0 Å². The number of rotatable bonds is 8. The lowest BCUT2D eigenvalue weighted by Gasteiger charge is -2.13. The first-order valence-corrected chi connectivity index (χ1v) is 10.7. The van der Waals surface area contributed by atoms with Crippen molar-refractivity contribution >= 4 is 11.6 Å². The van der Waals surface area contributed by atoms with Crippen molar-refractivity contribution in [3.05, 3.63) is 102 Å². The molecular formula is C26H25N3O2. The number of oxazole rings is 1. The van der Waals surface area contributed by atoms with Gasteiger partial charge in [0.15, 0.2) is 0 Å². The van der Waals surface area contributed by atoms with Crippen LogP contribution >= 0.6 is 0 Å². The average Bonchev–Trinajstić information content (AvgIpc) is 3.51. The van der Waals surface area contributed by atoms with Crippen LogP contribution in [0.4, 0.5) is 0 Å². The Morgan fingerprint density at radius 2 is 1.94 bits per heavy atom. The number of nitrogens with zero attached hydrogens (tertiary/aromatic N) is 3. The first-order chi connectivity index (χ1) is 15.3. The molecule has 5 rings (SSSR count). The van der Waals surface area contributed by atoms with Crippen molar-refractivity contribution in [1.29, 1.82) is 0 Å². The fraction of sp³-hybridized carbons (Fsp3) is 0.231. The summed E-state index contributed by atoms with van der Waals surface area (Å²) in [6.07, 6.45) is 13.6. The van der Waals surface area contributed by atoms with Gasteiger partial charge in [0, 0.05) is 24.5 Å². The first-order valence-electron chi connectivity index (χ1n) is 10.7. The van der Waals surface area contributed by atoms with E-state index in [4.69, 9.17) is 9.15 Å². The van der Waals surface area contributed by atoms with Crippen molar-refractivity contribution in [2.24, 2.45) is 0 Å². The Kier molecular flexibility index (Phi) is 5.65. The zero-order chi connectivity index (χ0) is 20.9. The van der Waals surface area contributed by atoms with E-state index in [9.17, 15) is 0 Å². The third-order valence-electron chi connectivity index (χ3n) is 5.63. The van der Waals surface area contributed by atoms with Crippen LogP contribution in [0.3, 0.4) is 0 Å². The maximum atomic E-state index is 5.91. The summed E-state index contributed by atoms with van der Waals surface area (Å²) in [5.74, 6) is 1.54. The smallest absolute Gasteiger partial charge is 0.222 e. The van der Waals surface area contributed by atoms with Crippen LogP contribution in [0.5, 0.6) is 5.75 Å². The summed E-state index contributed by atoms with van der Waals surface area (Å²) in [5.41, 5.74) is 5.89. The van der Waals surface area contributed by atoms with Gasteiger partial charge in [-0.1, -0.05) is 36.4 Å². The van der Waals surface area contributed by atoms with Crippen LogP contribution in [0.1, 0.15) is 41.1 Å². The molecule has 31 heavy (non-hydrogen) atoms. The third-order valence-corrected chi connectivity index (χ3v) is 5.63. The largest absolute Gasteiger partial charge is 0.487 e. The van der Waals surface area contributed by atoms with E-state index in [1.165, 1.54) is 16.7 Å². The minimum absolute atomic E-state index is 0.396. The summed E-state index contributed by atoms with van der Waals surface area (Å²) in [5, 5.41) is 0. The highest BCUT2D eigenvalue weighted by molar-refractivity contribution is 5.81. The van der Waals surface area contributed by atoms with E-state index in [1.807, 2.05) is 30.9 Å². The number of hydrogen-bond acceptors (Lipinski definition) is 4. The molecule has 0 atom stereocenters. The molecule has 5 heteroatoms. The van der Waals surface area contributed by atoms with Crippen LogP contribution in [0.15, 0.2) is 77.9 Å².